The van der Waals surface area contributed by atoms with E-state index in [2.05, 4.69) is 45.1 Å². The Balaban J connectivity index is 0.960. The van der Waals surface area contributed by atoms with E-state index in [1.807, 2.05) is 6.07 Å². The quantitative estimate of drug-likeness (QED) is 0.671. The first kappa shape index (κ1) is 18.7. The maximum absolute atomic E-state index is 6.16. The van der Waals surface area contributed by atoms with E-state index < -0.39 is 0 Å². The van der Waals surface area contributed by atoms with Crippen molar-refractivity contribution in [1.29, 1.82) is 0 Å². The van der Waals surface area contributed by atoms with E-state index in [1.54, 1.807) is 0 Å². The monoisotopic (exact) mass is 411 g/mol. The molecule has 29 heavy (non-hydrogen) atoms. The summed E-state index contributed by atoms with van der Waals surface area (Å²) in [6, 6.07) is 8.30. The maximum atomic E-state index is 6.16. The van der Waals surface area contributed by atoms with Crippen LogP contribution in [0.25, 0.3) is 0 Å². The Morgan fingerprint density at radius 3 is 2.07 bits per heavy atom. The van der Waals surface area contributed by atoms with Crippen LogP contribution in [0.1, 0.15) is 19.3 Å². The molecule has 1 aromatic carbocycles. The Kier molecular flexibility index (Phi) is 4.90. The average Bonchev–Trinajstić information content (AvgIpc) is 3.14. The van der Waals surface area contributed by atoms with Gasteiger partial charge < -0.3 is 9.80 Å². The van der Waals surface area contributed by atoms with Crippen molar-refractivity contribution in [2.75, 3.05) is 57.3 Å². The molecule has 2 saturated heterocycles. The van der Waals surface area contributed by atoms with Crippen molar-refractivity contribution in [3.8, 4) is 0 Å². The largest absolute Gasteiger partial charge is 0.369 e. The fourth-order valence-corrected chi connectivity index (χ4v) is 7.51. The van der Waals surface area contributed by atoms with Crippen LogP contribution in [0, 0.1) is 35.5 Å². The topological polar surface area (TPSA) is 9.72 Å². The maximum Gasteiger partial charge on any atom is 0.0426 e. The van der Waals surface area contributed by atoms with Crippen molar-refractivity contribution in [2.45, 2.75) is 19.3 Å². The molecule has 0 N–H and O–H groups in total. The summed E-state index contributed by atoms with van der Waals surface area (Å²) < 4.78 is 0. The van der Waals surface area contributed by atoms with Gasteiger partial charge >= 0.3 is 0 Å². The summed E-state index contributed by atoms with van der Waals surface area (Å²) in [7, 11) is 0. The van der Waals surface area contributed by atoms with Crippen LogP contribution in [0.3, 0.4) is 0 Å². The molecule has 2 bridgehead atoms. The van der Waals surface area contributed by atoms with Gasteiger partial charge in [0, 0.05) is 50.0 Å². The van der Waals surface area contributed by atoms with Crippen molar-refractivity contribution in [3.05, 3.63) is 41.4 Å². The van der Waals surface area contributed by atoms with Crippen molar-refractivity contribution < 1.29 is 0 Å². The Bertz CT molecular complexity index is 743. The molecular formula is C25H34ClN3. The van der Waals surface area contributed by atoms with E-state index in [-0.39, 0.29) is 0 Å². The van der Waals surface area contributed by atoms with E-state index in [9.17, 15) is 0 Å². The number of hydrogen-bond acceptors (Lipinski definition) is 3. The molecule has 4 heteroatoms. The first-order chi connectivity index (χ1) is 14.3. The third kappa shape index (κ3) is 3.34. The van der Waals surface area contributed by atoms with Gasteiger partial charge in [0.25, 0.3) is 0 Å². The van der Waals surface area contributed by atoms with Gasteiger partial charge in [-0.1, -0.05) is 29.8 Å². The van der Waals surface area contributed by atoms with Gasteiger partial charge in [0.05, 0.1) is 0 Å². The lowest BCUT2D eigenvalue weighted by molar-refractivity contribution is -0.0355. The minimum atomic E-state index is 0.841. The van der Waals surface area contributed by atoms with Gasteiger partial charge in [0.15, 0.2) is 0 Å². The number of piperazine rings is 1. The minimum absolute atomic E-state index is 0.841. The number of hydrogen-bond donors (Lipinski definition) is 0. The smallest absolute Gasteiger partial charge is 0.0426 e. The molecule has 6 atom stereocenters. The van der Waals surface area contributed by atoms with Crippen LogP contribution in [-0.2, 0) is 0 Å². The van der Waals surface area contributed by atoms with E-state index in [0.29, 0.717) is 0 Å². The molecule has 0 amide bonds. The third-order valence-corrected chi connectivity index (χ3v) is 9.13. The Morgan fingerprint density at radius 1 is 0.793 bits per heavy atom. The van der Waals surface area contributed by atoms with Crippen LogP contribution < -0.4 is 4.90 Å². The predicted octanol–water partition coefficient (Wildman–Crippen LogP) is 4.24. The predicted molar refractivity (Wildman–Crippen MR) is 120 cm³/mol. The lowest BCUT2D eigenvalue weighted by Gasteiger charge is -2.57. The molecule has 4 aliphatic carbocycles. The highest BCUT2D eigenvalue weighted by Crippen LogP contribution is 2.60. The molecule has 3 nitrogen and oxygen atoms in total. The molecule has 6 unspecified atom stereocenters. The molecule has 2 heterocycles. The molecule has 2 saturated carbocycles. The summed E-state index contributed by atoms with van der Waals surface area (Å²) in [5, 5.41) is 0.841. The summed E-state index contributed by atoms with van der Waals surface area (Å²) in [6.45, 7) is 9.90. The number of rotatable bonds is 5. The second-order valence-electron chi connectivity index (χ2n) is 10.2. The lowest BCUT2D eigenvalue weighted by Crippen LogP contribution is -2.52. The van der Waals surface area contributed by atoms with Crippen LogP contribution >= 0.6 is 11.6 Å². The van der Waals surface area contributed by atoms with Gasteiger partial charge in [-0.3, -0.25) is 4.90 Å². The summed E-state index contributed by atoms with van der Waals surface area (Å²) in [5.74, 6) is 5.92. The van der Waals surface area contributed by atoms with Gasteiger partial charge in [0.2, 0.25) is 0 Å². The molecule has 0 radical (unpaired) electrons. The number of halogens is 1. The van der Waals surface area contributed by atoms with Crippen LogP contribution in [0.15, 0.2) is 36.4 Å². The second kappa shape index (κ2) is 7.59. The van der Waals surface area contributed by atoms with E-state index >= 15 is 0 Å². The lowest BCUT2D eigenvalue weighted by atomic mass is 9.47. The van der Waals surface area contributed by atoms with Crippen molar-refractivity contribution in [3.63, 3.8) is 0 Å². The standard InChI is InChI=1S/C25H34ClN3/c26-18-3-1-4-19(15-18)29-13-11-27(12-14-29)9-2-10-28-16-24-22-7-8-23(25(24)17-28)21-6-5-20(21)22/h1,3-4,7-8,15,20-25H,2,5-6,9-14,16-17H2. The zero-order chi connectivity index (χ0) is 19.4. The zero-order valence-electron chi connectivity index (χ0n) is 17.4. The highest BCUT2D eigenvalue weighted by molar-refractivity contribution is 6.30. The third-order valence-electron chi connectivity index (χ3n) is 8.90. The first-order valence-corrected chi connectivity index (χ1v) is 12.3. The van der Waals surface area contributed by atoms with Crippen molar-refractivity contribution in [1.82, 2.24) is 9.80 Å². The Hall–Kier alpha value is -1.03. The zero-order valence-corrected chi connectivity index (χ0v) is 18.2. The van der Waals surface area contributed by atoms with E-state index in [4.69, 9.17) is 11.6 Å². The number of allylic oxidation sites excluding steroid dienone is 2. The Labute approximate surface area is 180 Å². The molecule has 156 valence electrons. The van der Waals surface area contributed by atoms with Crippen LogP contribution in [0.2, 0.25) is 5.02 Å². The van der Waals surface area contributed by atoms with Gasteiger partial charge in [-0.05, 0) is 86.1 Å². The second-order valence-corrected chi connectivity index (χ2v) is 10.6. The summed E-state index contributed by atoms with van der Waals surface area (Å²) in [5.41, 5.74) is 1.27. The van der Waals surface area contributed by atoms with E-state index in [1.165, 1.54) is 64.2 Å². The highest BCUT2D eigenvalue weighted by atomic mass is 35.5. The number of anilines is 1. The van der Waals surface area contributed by atoms with Gasteiger partial charge in [-0.15, -0.1) is 0 Å². The van der Waals surface area contributed by atoms with Gasteiger partial charge in [-0.2, -0.15) is 0 Å². The van der Waals surface area contributed by atoms with Crippen LogP contribution in [0.5, 0.6) is 0 Å². The fraction of sp³-hybridized carbons (Fsp3) is 0.680. The molecule has 2 aliphatic heterocycles. The van der Waals surface area contributed by atoms with E-state index in [0.717, 1.165) is 53.6 Å². The molecule has 0 aromatic heterocycles. The number of nitrogens with zero attached hydrogens (tertiary/aromatic N) is 3. The first-order valence-electron chi connectivity index (χ1n) is 11.9. The van der Waals surface area contributed by atoms with Gasteiger partial charge in [0.1, 0.15) is 0 Å². The SMILES string of the molecule is Clc1cccc(N2CCN(CCCN3CC4C5C=CC(C6CCC56)C4C3)CC2)c1. The molecule has 4 fully saturated rings. The number of likely N-dealkylation sites (tertiary alicyclic amines) is 1. The normalized spacial score (nSPS) is 38.7. The fourth-order valence-electron chi connectivity index (χ4n) is 7.33. The highest BCUT2D eigenvalue weighted by Gasteiger charge is 2.56. The summed E-state index contributed by atoms with van der Waals surface area (Å²) in [6.07, 6.45) is 9.59. The molecule has 6 aliphatic rings. The van der Waals surface area contributed by atoms with Crippen LogP contribution in [-0.4, -0.2) is 62.2 Å². The number of benzene rings is 1. The van der Waals surface area contributed by atoms with Crippen molar-refractivity contribution in [2.24, 2.45) is 35.5 Å². The average molecular weight is 412 g/mol. The summed E-state index contributed by atoms with van der Waals surface area (Å²) >= 11 is 6.16. The molecule has 1 aromatic rings. The van der Waals surface area contributed by atoms with Crippen molar-refractivity contribution >= 4 is 17.3 Å². The molecule has 0 spiro atoms. The molecule has 7 rings (SSSR count). The molecular weight excluding hydrogens is 378 g/mol. The van der Waals surface area contributed by atoms with Gasteiger partial charge in [-0.25, -0.2) is 0 Å². The summed E-state index contributed by atoms with van der Waals surface area (Å²) in [4.78, 5) is 7.95. The Morgan fingerprint density at radius 2 is 1.45 bits per heavy atom. The minimum Gasteiger partial charge on any atom is -0.369 e. The van der Waals surface area contributed by atoms with Crippen LogP contribution in [0.4, 0.5) is 5.69 Å².